The molecule has 0 aliphatic heterocycles. The van der Waals surface area contributed by atoms with E-state index in [0.717, 1.165) is 12.1 Å². The lowest BCUT2D eigenvalue weighted by atomic mass is 10.2. The Balaban J connectivity index is 1.83. The van der Waals surface area contributed by atoms with E-state index in [9.17, 15) is 13.6 Å². The van der Waals surface area contributed by atoms with E-state index >= 15 is 0 Å². The Morgan fingerprint density at radius 1 is 1.11 bits per heavy atom. The monoisotopic (exact) mass is 389 g/mol. The first-order valence-electron chi connectivity index (χ1n) is 7.80. The van der Waals surface area contributed by atoms with Crippen LogP contribution in [0.5, 0.6) is 5.75 Å². The number of pyridine rings is 1. The maximum atomic E-state index is 13.7. The van der Waals surface area contributed by atoms with Crippen molar-refractivity contribution in [2.45, 2.75) is 0 Å². The number of amides is 1. The number of nitrogens with one attached hydrogen (secondary N) is 2. The van der Waals surface area contributed by atoms with Gasteiger partial charge in [-0.2, -0.15) is 0 Å². The van der Waals surface area contributed by atoms with Crippen molar-refractivity contribution in [1.29, 1.82) is 0 Å². The Morgan fingerprint density at radius 3 is 2.56 bits per heavy atom. The van der Waals surface area contributed by atoms with Crippen LogP contribution in [0.15, 0.2) is 54.7 Å². The summed E-state index contributed by atoms with van der Waals surface area (Å²) in [5, 5.41) is 5.71. The van der Waals surface area contributed by atoms with Gasteiger partial charge in [-0.15, -0.1) is 0 Å². The minimum Gasteiger partial charge on any atom is -0.495 e. The average molecular weight is 390 g/mol. The number of carbonyl (C=O) groups is 1. The number of carbonyl (C=O) groups excluding carboxylic acids is 1. The molecular weight excluding hydrogens is 376 g/mol. The van der Waals surface area contributed by atoms with E-state index in [1.165, 1.54) is 31.5 Å². The summed E-state index contributed by atoms with van der Waals surface area (Å²) in [7, 11) is 1.51. The predicted molar refractivity (Wildman–Crippen MR) is 99.8 cm³/mol. The van der Waals surface area contributed by atoms with Crippen molar-refractivity contribution in [2.24, 2.45) is 0 Å². The molecule has 5 nitrogen and oxygen atoms in total. The molecule has 0 aliphatic carbocycles. The highest BCUT2D eigenvalue weighted by atomic mass is 35.5. The molecular formula is C19H14ClF2N3O2. The highest BCUT2D eigenvalue weighted by molar-refractivity contribution is 6.31. The Labute approximate surface area is 159 Å². The third-order valence-electron chi connectivity index (χ3n) is 3.65. The Bertz CT molecular complexity index is 978. The van der Waals surface area contributed by atoms with Crippen LogP contribution in [0.2, 0.25) is 5.02 Å². The van der Waals surface area contributed by atoms with E-state index in [1.807, 2.05) is 0 Å². The van der Waals surface area contributed by atoms with Crippen molar-refractivity contribution in [1.82, 2.24) is 4.98 Å². The van der Waals surface area contributed by atoms with Crippen LogP contribution in [0.1, 0.15) is 10.4 Å². The number of methoxy groups -OCH3 is 1. The number of aromatic nitrogens is 1. The summed E-state index contributed by atoms with van der Waals surface area (Å²) < 4.78 is 32.7. The number of benzene rings is 2. The molecule has 0 unspecified atom stereocenters. The minimum atomic E-state index is -0.862. The highest BCUT2D eigenvalue weighted by Crippen LogP contribution is 2.30. The first-order valence-corrected chi connectivity index (χ1v) is 8.17. The number of anilines is 3. The molecule has 3 aromatic rings. The SMILES string of the molecule is COc1ccc(Cl)cc1Nc1cc(C(=O)Nc2c(F)cccc2F)ccn1. The molecule has 8 heteroatoms. The summed E-state index contributed by atoms with van der Waals surface area (Å²) in [6.07, 6.45) is 1.39. The number of hydrogen-bond donors (Lipinski definition) is 2. The molecule has 0 saturated heterocycles. The van der Waals surface area contributed by atoms with Gasteiger partial charge in [0.1, 0.15) is 28.9 Å². The Hall–Kier alpha value is -3.19. The standard InChI is InChI=1S/C19H14ClF2N3O2/c1-27-16-6-5-12(20)10-15(16)24-17-9-11(7-8-23-17)19(26)25-18-13(21)3-2-4-14(18)22/h2-10H,1H3,(H,23,24)(H,25,26). The number of ether oxygens (including phenoxy) is 1. The molecule has 2 aromatic carbocycles. The van der Waals surface area contributed by atoms with Gasteiger partial charge in [0.05, 0.1) is 12.8 Å². The fourth-order valence-electron chi connectivity index (χ4n) is 2.36. The van der Waals surface area contributed by atoms with Crippen LogP contribution in [0, 0.1) is 11.6 Å². The number of nitrogens with zero attached hydrogens (tertiary/aromatic N) is 1. The second-order valence-corrected chi connectivity index (χ2v) is 5.89. The van der Waals surface area contributed by atoms with Crippen molar-refractivity contribution < 1.29 is 18.3 Å². The normalized spacial score (nSPS) is 10.4. The van der Waals surface area contributed by atoms with Crippen molar-refractivity contribution in [3.8, 4) is 5.75 Å². The largest absolute Gasteiger partial charge is 0.495 e. The molecule has 2 N–H and O–H groups in total. The molecule has 0 spiro atoms. The van der Waals surface area contributed by atoms with E-state index in [2.05, 4.69) is 15.6 Å². The topological polar surface area (TPSA) is 63.2 Å². The second-order valence-electron chi connectivity index (χ2n) is 5.45. The third-order valence-corrected chi connectivity index (χ3v) is 3.88. The summed E-state index contributed by atoms with van der Waals surface area (Å²) in [6.45, 7) is 0. The lowest BCUT2D eigenvalue weighted by Gasteiger charge is -2.12. The molecule has 0 atom stereocenters. The predicted octanol–water partition coefficient (Wildman–Crippen LogP) is 5.02. The van der Waals surface area contributed by atoms with E-state index in [0.29, 0.717) is 22.3 Å². The van der Waals surface area contributed by atoms with Crippen LogP contribution in [-0.2, 0) is 0 Å². The quantitative estimate of drug-likeness (QED) is 0.643. The van der Waals surface area contributed by atoms with Gasteiger partial charge in [0.2, 0.25) is 0 Å². The zero-order valence-corrected chi connectivity index (χ0v) is 14.8. The molecule has 0 saturated carbocycles. The second kappa shape index (κ2) is 8.01. The summed E-state index contributed by atoms with van der Waals surface area (Å²) in [5.41, 5.74) is 0.205. The molecule has 0 radical (unpaired) electrons. The number of rotatable bonds is 5. The van der Waals surface area contributed by atoms with Gasteiger partial charge in [0.25, 0.3) is 5.91 Å². The number of halogens is 3. The average Bonchev–Trinajstić information content (AvgIpc) is 2.65. The van der Waals surface area contributed by atoms with Gasteiger partial charge in [-0.05, 0) is 42.5 Å². The Kier molecular flexibility index (Phi) is 5.52. The zero-order chi connectivity index (χ0) is 19.4. The molecule has 1 amide bonds. The maximum Gasteiger partial charge on any atom is 0.256 e. The van der Waals surface area contributed by atoms with Crippen LogP contribution >= 0.6 is 11.6 Å². The van der Waals surface area contributed by atoms with Crippen molar-refractivity contribution in [3.05, 3.63) is 76.9 Å². The van der Waals surface area contributed by atoms with Crippen molar-refractivity contribution >= 4 is 34.7 Å². The van der Waals surface area contributed by atoms with Gasteiger partial charge in [0.15, 0.2) is 0 Å². The smallest absolute Gasteiger partial charge is 0.256 e. The van der Waals surface area contributed by atoms with Crippen LogP contribution < -0.4 is 15.4 Å². The lowest BCUT2D eigenvalue weighted by molar-refractivity contribution is 0.102. The Morgan fingerprint density at radius 2 is 1.85 bits per heavy atom. The first kappa shape index (κ1) is 18.6. The highest BCUT2D eigenvalue weighted by Gasteiger charge is 2.14. The maximum absolute atomic E-state index is 13.7. The molecule has 0 bridgehead atoms. The van der Waals surface area contributed by atoms with E-state index < -0.39 is 23.2 Å². The van der Waals surface area contributed by atoms with E-state index in [1.54, 1.807) is 18.2 Å². The fraction of sp³-hybridized carbons (Fsp3) is 0.0526. The summed E-state index contributed by atoms with van der Waals surface area (Å²) in [4.78, 5) is 16.5. The molecule has 1 heterocycles. The summed E-state index contributed by atoms with van der Waals surface area (Å²) in [5.74, 6) is -1.54. The first-order chi connectivity index (χ1) is 13.0. The molecule has 0 aliphatic rings. The van der Waals surface area contributed by atoms with Gasteiger partial charge in [-0.25, -0.2) is 13.8 Å². The zero-order valence-electron chi connectivity index (χ0n) is 14.1. The van der Waals surface area contributed by atoms with Crippen LogP contribution in [-0.4, -0.2) is 18.0 Å². The van der Waals surface area contributed by atoms with Gasteiger partial charge >= 0.3 is 0 Å². The molecule has 1 aromatic heterocycles. The third kappa shape index (κ3) is 4.32. The van der Waals surface area contributed by atoms with Crippen LogP contribution in [0.25, 0.3) is 0 Å². The van der Waals surface area contributed by atoms with E-state index in [4.69, 9.17) is 16.3 Å². The fourth-order valence-corrected chi connectivity index (χ4v) is 2.53. The summed E-state index contributed by atoms with van der Waals surface area (Å²) in [6, 6.07) is 11.2. The molecule has 0 fully saturated rings. The number of para-hydroxylation sites is 1. The van der Waals surface area contributed by atoms with Crippen LogP contribution in [0.4, 0.5) is 26.0 Å². The van der Waals surface area contributed by atoms with Gasteiger partial charge in [-0.1, -0.05) is 17.7 Å². The lowest BCUT2D eigenvalue weighted by Crippen LogP contribution is -2.14. The molecule has 27 heavy (non-hydrogen) atoms. The van der Waals surface area contributed by atoms with Crippen molar-refractivity contribution in [2.75, 3.05) is 17.7 Å². The van der Waals surface area contributed by atoms with Gasteiger partial charge < -0.3 is 15.4 Å². The molecule has 3 rings (SSSR count). The molecule has 138 valence electrons. The van der Waals surface area contributed by atoms with Gasteiger partial charge in [-0.3, -0.25) is 4.79 Å². The van der Waals surface area contributed by atoms with Crippen molar-refractivity contribution in [3.63, 3.8) is 0 Å². The summed E-state index contributed by atoms with van der Waals surface area (Å²) >= 11 is 5.99. The van der Waals surface area contributed by atoms with Crippen LogP contribution in [0.3, 0.4) is 0 Å². The minimum absolute atomic E-state index is 0.163. The van der Waals surface area contributed by atoms with Gasteiger partial charge in [0, 0.05) is 16.8 Å². The van der Waals surface area contributed by atoms with E-state index in [-0.39, 0.29) is 5.56 Å². The number of hydrogen-bond acceptors (Lipinski definition) is 4.